The van der Waals surface area contributed by atoms with Crippen molar-refractivity contribution in [3.8, 4) is 17.0 Å². The van der Waals surface area contributed by atoms with E-state index >= 15 is 0 Å². The number of nitrogens with zero attached hydrogens (tertiary/aromatic N) is 5. The minimum atomic E-state index is -0.915. The van der Waals surface area contributed by atoms with Gasteiger partial charge in [-0.15, -0.1) is 0 Å². The van der Waals surface area contributed by atoms with E-state index in [9.17, 15) is 13.6 Å². The van der Waals surface area contributed by atoms with Crippen molar-refractivity contribution in [3.63, 3.8) is 0 Å². The van der Waals surface area contributed by atoms with Crippen LogP contribution in [0.15, 0.2) is 30.6 Å². The Morgan fingerprint density at radius 3 is 2.59 bits per heavy atom. The highest BCUT2D eigenvalue weighted by molar-refractivity contribution is 5.84. The molecule has 5 rings (SSSR count). The number of amides is 1. The van der Waals surface area contributed by atoms with Crippen molar-refractivity contribution in [2.24, 2.45) is 0 Å². The molecular weight excluding hydrogens is 482 g/mol. The minimum Gasteiger partial charge on any atom is -0.487 e. The van der Waals surface area contributed by atoms with Crippen molar-refractivity contribution in [2.45, 2.75) is 51.4 Å². The smallest absolute Gasteiger partial charge is 0.254 e. The number of nitrogens with one attached hydrogen (secondary N) is 1. The molecule has 0 radical (unpaired) electrons. The van der Waals surface area contributed by atoms with E-state index in [-0.39, 0.29) is 17.8 Å². The van der Waals surface area contributed by atoms with Crippen LogP contribution in [-0.4, -0.2) is 69.4 Å². The van der Waals surface area contributed by atoms with E-state index in [1.54, 1.807) is 31.1 Å². The third-order valence-electron chi connectivity index (χ3n) is 7.00. The van der Waals surface area contributed by atoms with Crippen LogP contribution in [0.25, 0.3) is 11.3 Å². The molecule has 37 heavy (non-hydrogen) atoms. The largest absolute Gasteiger partial charge is 0.487 e. The second-order valence-electron chi connectivity index (χ2n) is 9.85. The molecule has 1 fully saturated rings. The zero-order valence-electron chi connectivity index (χ0n) is 21.1. The lowest BCUT2D eigenvalue weighted by Gasteiger charge is -2.36. The second-order valence-corrected chi connectivity index (χ2v) is 9.85. The predicted molar refractivity (Wildman–Crippen MR) is 132 cm³/mol. The molecule has 196 valence electrons. The molecule has 3 aromatic rings. The van der Waals surface area contributed by atoms with Gasteiger partial charge in [-0.2, -0.15) is 5.10 Å². The molecule has 2 aliphatic heterocycles. The molecule has 0 unspecified atom stereocenters. The maximum Gasteiger partial charge on any atom is 0.254 e. The van der Waals surface area contributed by atoms with Gasteiger partial charge in [0, 0.05) is 63.8 Å². The molecule has 9 nitrogen and oxygen atoms in total. The molecule has 1 aromatic carbocycles. The number of fused-ring (bicyclic) bond motifs is 1. The minimum absolute atomic E-state index is 0.0586. The van der Waals surface area contributed by atoms with Gasteiger partial charge in [-0.05, 0) is 26.0 Å². The lowest BCUT2D eigenvalue weighted by molar-refractivity contribution is -0.152. The summed E-state index contributed by atoms with van der Waals surface area (Å²) < 4.78 is 38.5. The SMILES string of the molecule is COC(C)(C)C(=O)N1CCc2nc(N3CCC(Oc4ccc(F)cc4F)CC3)c(-c3cn[nH]c3)nc2C1. The van der Waals surface area contributed by atoms with Gasteiger partial charge in [-0.1, -0.05) is 0 Å². The molecule has 1 amide bonds. The summed E-state index contributed by atoms with van der Waals surface area (Å²) in [5, 5.41) is 6.92. The number of halogens is 2. The topological polar surface area (TPSA) is 96.5 Å². The lowest BCUT2D eigenvalue weighted by atomic mass is 10.0. The average molecular weight is 513 g/mol. The highest BCUT2D eigenvalue weighted by Crippen LogP contribution is 2.33. The quantitative estimate of drug-likeness (QED) is 0.540. The van der Waals surface area contributed by atoms with Crippen LogP contribution in [0.3, 0.4) is 0 Å². The molecule has 1 saturated heterocycles. The zero-order chi connectivity index (χ0) is 26.2. The van der Waals surface area contributed by atoms with Crippen LogP contribution in [0.5, 0.6) is 5.75 Å². The Morgan fingerprint density at radius 2 is 1.92 bits per heavy atom. The summed E-state index contributed by atoms with van der Waals surface area (Å²) in [7, 11) is 1.53. The van der Waals surface area contributed by atoms with Gasteiger partial charge in [0.15, 0.2) is 17.4 Å². The van der Waals surface area contributed by atoms with Crippen LogP contribution in [0.4, 0.5) is 14.6 Å². The Balaban J connectivity index is 1.36. The first-order chi connectivity index (χ1) is 17.7. The number of aromatic nitrogens is 4. The standard InChI is InChI=1S/C26H30F2N6O3/c1-26(2,36-3)25(35)34-11-8-20-21(15-34)31-23(16-13-29-30-14-16)24(32-20)33-9-6-18(7-10-33)37-22-5-4-17(27)12-19(22)28/h4-5,12-14,18H,6-11,15H2,1-3H3,(H,29,30). The number of rotatable bonds is 6. The van der Waals surface area contributed by atoms with Crippen molar-refractivity contribution in [1.82, 2.24) is 25.1 Å². The Bertz CT molecular complexity index is 1280. The number of benzene rings is 1. The number of ether oxygens (including phenoxy) is 2. The van der Waals surface area contributed by atoms with Gasteiger partial charge in [-0.3, -0.25) is 9.89 Å². The van der Waals surface area contributed by atoms with Crippen LogP contribution in [0.1, 0.15) is 38.1 Å². The Hall–Kier alpha value is -3.60. The number of H-pyrrole nitrogens is 1. The number of methoxy groups -OCH3 is 1. The lowest BCUT2D eigenvalue weighted by Crippen LogP contribution is -2.48. The first-order valence-electron chi connectivity index (χ1n) is 12.4. The van der Waals surface area contributed by atoms with Crippen molar-refractivity contribution in [2.75, 3.05) is 31.6 Å². The van der Waals surface area contributed by atoms with Crippen LogP contribution < -0.4 is 9.64 Å². The summed E-state index contributed by atoms with van der Waals surface area (Å²) in [6.07, 6.45) is 5.17. The summed E-state index contributed by atoms with van der Waals surface area (Å²) in [6.45, 7) is 5.69. The van der Waals surface area contributed by atoms with E-state index in [0.29, 0.717) is 51.1 Å². The van der Waals surface area contributed by atoms with Gasteiger partial charge < -0.3 is 19.3 Å². The van der Waals surface area contributed by atoms with Crippen LogP contribution >= 0.6 is 0 Å². The zero-order valence-corrected chi connectivity index (χ0v) is 21.1. The third-order valence-corrected chi connectivity index (χ3v) is 7.00. The summed E-state index contributed by atoms with van der Waals surface area (Å²) in [6, 6.07) is 3.35. The van der Waals surface area contributed by atoms with Crippen molar-refractivity contribution < 1.29 is 23.0 Å². The summed E-state index contributed by atoms with van der Waals surface area (Å²) >= 11 is 0. The summed E-state index contributed by atoms with van der Waals surface area (Å²) in [5.41, 5.74) is 2.21. The van der Waals surface area contributed by atoms with Gasteiger partial charge in [0.25, 0.3) is 5.91 Å². The van der Waals surface area contributed by atoms with Crippen LogP contribution in [0.2, 0.25) is 0 Å². The molecule has 1 N–H and O–H groups in total. The van der Waals surface area contributed by atoms with E-state index in [1.165, 1.54) is 19.2 Å². The summed E-state index contributed by atoms with van der Waals surface area (Å²) in [5.74, 6) is -0.609. The molecule has 11 heteroatoms. The molecule has 0 bridgehead atoms. The number of carbonyl (C=O) groups is 1. The van der Waals surface area contributed by atoms with E-state index in [2.05, 4.69) is 15.1 Å². The molecule has 0 aliphatic carbocycles. The highest BCUT2D eigenvalue weighted by atomic mass is 19.1. The van der Waals surface area contributed by atoms with Gasteiger partial charge >= 0.3 is 0 Å². The number of hydrogen-bond acceptors (Lipinski definition) is 7. The number of aromatic amines is 1. The van der Waals surface area contributed by atoms with Crippen molar-refractivity contribution >= 4 is 11.7 Å². The second kappa shape index (κ2) is 10.0. The molecule has 2 aliphatic rings. The molecule has 4 heterocycles. The number of piperidine rings is 1. The maximum absolute atomic E-state index is 14.0. The van der Waals surface area contributed by atoms with Gasteiger partial charge in [0.2, 0.25) is 0 Å². The first kappa shape index (κ1) is 25.1. The Morgan fingerprint density at radius 1 is 1.14 bits per heavy atom. The number of anilines is 1. The fraction of sp³-hybridized carbons (Fsp3) is 0.462. The van der Waals surface area contributed by atoms with Crippen molar-refractivity contribution in [1.29, 1.82) is 0 Å². The van der Waals surface area contributed by atoms with Gasteiger partial charge in [-0.25, -0.2) is 18.7 Å². The third kappa shape index (κ3) is 5.13. The highest BCUT2D eigenvalue weighted by Gasteiger charge is 2.35. The molecule has 0 atom stereocenters. The van der Waals surface area contributed by atoms with E-state index in [0.717, 1.165) is 28.8 Å². The van der Waals surface area contributed by atoms with Crippen molar-refractivity contribution in [3.05, 3.63) is 53.6 Å². The monoisotopic (exact) mass is 512 g/mol. The molecule has 0 spiro atoms. The van der Waals surface area contributed by atoms with E-state index in [1.807, 2.05) is 0 Å². The van der Waals surface area contributed by atoms with Crippen LogP contribution in [0, 0.1) is 11.6 Å². The van der Waals surface area contributed by atoms with Gasteiger partial charge in [0.05, 0.1) is 24.1 Å². The molecular formula is C26H30F2N6O3. The Kier molecular flexibility index (Phi) is 6.80. The predicted octanol–water partition coefficient (Wildman–Crippen LogP) is 3.50. The van der Waals surface area contributed by atoms with E-state index in [4.69, 9.17) is 19.4 Å². The fourth-order valence-electron chi connectivity index (χ4n) is 4.69. The fourth-order valence-corrected chi connectivity index (χ4v) is 4.69. The summed E-state index contributed by atoms with van der Waals surface area (Å²) in [4.78, 5) is 26.9. The van der Waals surface area contributed by atoms with E-state index < -0.39 is 17.2 Å². The molecule has 0 saturated carbocycles. The van der Waals surface area contributed by atoms with Gasteiger partial charge in [0.1, 0.15) is 23.2 Å². The normalized spacial score (nSPS) is 16.6. The molecule has 2 aromatic heterocycles. The first-order valence-corrected chi connectivity index (χ1v) is 12.4. The van der Waals surface area contributed by atoms with Crippen LogP contribution in [-0.2, 0) is 22.5 Å². The maximum atomic E-state index is 14.0. The Labute approximate surface area is 213 Å². The average Bonchev–Trinajstić information content (AvgIpc) is 3.44. The number of carbonyl (C=O) groups excluding carboxylic acids is 1. The number of hydrogen-bond donors (Lipinski definition) is 1.